The number of rotatable bonds is 1. The summed E-state index contributed by atoms with van der Waals surface area (Å²) < 4.78 is 13.0. The third-order valence-corrected chi connectivity index (χ3v) is 2.08. The number of aliphatic hydroxyl groups is 1. The molecular formula is C9H15FO. The molecule has 0 radical (unpaired) electrons. The van der Waals surface area contributed by atoms with E-state index in [9.17, 15) is 4.39 Å². The minimum Gasteiger partial charge on any atom is -0.352 e. The lowest BCUT2D eigenvalue weighted by Gasteiger charge is -2.32. The molecular weight excluding hydrogens is 143 g/mol. The molecule has 0 aliphatic rings. The molecule has 0 aromatic heterocycles. The quantitative estimate of drug-likeness (QED) is 0.578. The summed E-state index contributed by atoms with van der Waals surface area (Å²) >= 11 is 0. The van der Waals surface area contributed by atoms with Crippen molar-refractivity contribution in [2.75, 3.05) is 0 Å². The molecule has 0 saturated heterocycles. The van der Waals surface area contributed by atoms with Crippen LogP contribution in [0.4, 0.5) is 4.39 Å². The standard InChI is InChI=1S/C9H15FO/c1-6-9(10,11)7(2)8(3,4)5/h1,7,11H,2-5H3/t7-,9?/m0/s1. The molecule has 0 aromatic rings. The lowest BCUT2D eigenvalue weighted by molar-refractivity contribution is -0.108. The van der Waals surface area contributed by atoms with Crippen LogP contribution in [0, 0.1) is 23.7 Å². The Morgan fingerprint density at radius 2 is 1.82 bits per heavy atom. The Morgan fingerprint density at radius 3 is 1.91 bits per heavy atom. The highest BCUT2D eigenvalue weighted by atomic mass is 19.2. The molecule has 11 heavy (non-hydrogen) atoms. The van der Waals surface area contributed by atoms with Gasteiger partial charge in [0, 0.05) is 5.92 Å². The van der Waals surface area contributed by atoms with Gasteiger partial charge < -0.3 is 5.11 Å². The van der Waals surface area contributed by atoms with Crippen LogP contribution in [0.25, 0.3) is 0 Å². The molecule has 0 rings (SSSR count). The minimum atomic E-state index is -2.49. The van der Waals surface area contributed by atoms with E-state index in [2.05, 4.69) is 0 Å². The maximum atomic E-state index is 13.0. The summed E-state index contributed by atoms with van der Waals surface area (Å²) in [5.41, 5.74) is -0.324. The van der Waals surface area contributed by atoms with Gasteiger partial charge in [0.1, 0.15) is 0 Å². The van der Waals surface area contributed by atoms with Crippen LogP contribution in [-0.2, 0) is 0 Å². The molecule has 0 aromatic carbocycles. The van der Waals surface area contributed by atoms with Gasteiger partial charge in [0.2, 0.25) is 0 Å². The molecule has 1 N–H and O–H groups in total. The zero-order chi connectivity index (χ0) is 9.28. The van der Waals surface area contributed by atoms with E-state index in [1.54, 1.807) is 12.8 Å². The fourth-order valence-corrected chi connectivity index (χ4v) is 0.699. The second-order valence-electron chi connectivity index (χ2n) is 3.91. The van der Waals surface area contributed by atoms with Crippen LogP contribution in [0.15, 0.2) is 0 Å². The highest BCUT2D eigenvalue weighted by molar-refractivity contribution is 5.05. The summed E-state index contributed by atoms with van der Waals surface area (Å²) in [5.74, 6) is -1.32. The number of hydrogen-bond acceptors (Lipinski definition) is 1. The highest BCUT2D eigenvalue weighted by Gasteiger charge is 2.39. The predicted molar refractivity (Wildman–Crippen MR) is 43.5 cm³/mol. The Labute approximate surface area is 67.6 Å². The van der Waals surface area contributed by atoms with Gasteiger partial charge in [-0.2, -0.15) is 4.39 Å². The fraction of sp³-hybridized carbons (Fsp3) is 0.778. The van der Waals surface area contributed by atoms with Crippen molar-refractivity contribution in [3.8, 4) is 12.3 Å². The van der Waals surface area contributed by atoms with Gasteiger partial charge in [-0.15, -0.1) is 6.42 Å². The number of alkyl halides is 1. The zero-order valence-corrected chi connectivity index (χ0v) is 7.48. The molecule has 2 heteroatoms. The SMILES string of the molecule is C#CC(O)(F)[C@@H](C)C(C)(C)C. The zero-order valence-electron chi connectivity index (χ0n) is 7.48. The normalized spacial score (nSPS) is 20.1. The van der Waals surface area contributed by atoms with Crippen molar-refractivity contribution in [1.29, 1.82) is 0 Å². The van der Waals surface area contributed by atoms with E-state index in [0.29, 0.717) is 0 Å². The summed E-state index contributed by atoms with van der Waals surface area (Å²) in [6.45, 7) is 7.10. The molecule has 1 unspecified atom stereocenters. The maximum absolute atomic E-state index is 13.0. The van der Waals surface area contributed by atoms with Gasteiger partial charge in [-0.05, 0) is 11.3 Å². The van der Waals surface area contributed by atoms with E-state index in [0.717, 1.165) is 0 Å². The Morgan fingerprint density at radius 1 is 1.45 bits per heavy atom. The highest BCUT2D eigenvalue weighted by Crippen LogP contribution is 2.34. The smallest absolute Gasteiger partial charge is 0.272 e. The summed E-state index contributed by atoms with van der Waals surface area (Å²) in [4.78, 5) is 0. The lowest BCUT2D eigenvalue weighted by atomic mass is 9.78. The third kappa shape index (κ3) is 2.51. The van der Waals surface area contributed by atoms with Gasteiger partial charge in [-0.1, -0.05) is 27.7 Å². The van der Waals surface area contributed by atoms with Crippen LogP contribution in [-0.4, -0.2) is 11.0 Å². The molecule has 2 atom stereocenters. The van der Waals surface area contributed by atoms with Gasteiger partial charge in [0.05, 0.1) is 0 Å². The van der Waals surface area contributed by atoms with Crippen molar-refractivity contribution in [2.45, 2.75) is 33.5 Å². The molecule has 0 fully saturated rings. The van der Waals surface area contributed by atoms with Crippen LogP contribution in [0.3, 0.4) is 0 Å². The number of halogens is 1. The first-order valence-corrected chi connectivity index (χ1v) is 3.61. The molecule has 1 nitrogen and oxygen atoms in total. The Hall–Kier alpha value is -0.550. The molecule has 64 valence electrons. The first-order chi connectivity index (χ1) is 4.72. The lowest BCUT2D eigenvalue weighted by Crippen LogP contribution is -2.37. The van der Waals surface area contributed by atoms with Crippen molar-refractivity contribution in [1.82, 2.24) is 0 Å². The van der Waals surface area contributed by atoms with E-state index >= 15 is 0 Å². The van der Waals surface area contributed by atoms with Crippen molar-refractivity contribution in [3.05, 3.63) is 0 Å². The minimum absolute atomic E-state index is 0.324. The monoisotopic (exact) mass is 158 g/mol. The summed E-state index contributed by atoms with van der Waals surface area (Å²) in [7, 11) is 0. The van der Waals surface area contributed by atoms with Gasteiger partial charge in [0.15, 0.2) is 0 Å². The number of terminal acetylenes is 1. The molecule has 0 aliphatic carbocycles. The molecule has 0 aliphatic heterocycles. The predicted octanol–water partition coefficient (Wildman–Crippen LogP) is 1.96. The summed E-state index contributed by atoms with van der Waals surface area (Å²) in [6.07, 6.45) is 4.83. The van der Waals surface area contributed by atoms with E-state index in [1.807, 2.05) is 20.8 Å². The van der Waals surface area contributed by atoms with E-state index in [1.165, 1.54) is 0 Å². The fourth-order valence-electron chi connectivity index (χ4n) is 0.699. The van der Waals surface area contributed by atoms with Gasteiger partial charge in [-0.3, -0.25) is 0 Å². The van der Waals surface area contributed by atoms with Gasteiger partial charge >= 0.3 is 0 Å². The maximum Gasteiger partial charge on any atom is 0.272 e. The first kappa shape index (κ1) is 10.4. The van der Waals surface area contributed by atoms with Crippen LogP contribution < -0.4 is 0 Å². The van der Waals surface area contributed by atoms with Crippen molar-refractivity contribution < 1.29 is 9.50 Å². The molecule has 0 saturated carbocycles. The number of hydrogen-bond donors (Lipinski definition) is 1. The molecule has 0 heterocycles. The van der Waals surface area contributed by atoms with Crippen LogP contribution in [0.1, 0.15) is 27.7 Å². The summed E-state index contributed by atoms with van der Waals surface area (Å²) in [6, 6.07) is 0. The second kappa shape index (κ2) is 2.83. The average molecular weight is 158 g/mol. The van der Waals surface area contributed by atoms with E-state index in [-0.39, 0.29) is 5.41 Å². The molecule has 0 spiro atoms. The first-order valence-electron chi connectivity index (χ1n) is 3.61. The van der Waals surface area contributed by atoms with Crippen LogP contribution >= 0.6 is 0 Å². The Bertz CT molecular complexity index is 171. The van der Waals surface area contributed by atoms with Crippen molar-refractivity contribution >= 4 is 0 Å². The van der Waals surface area contributed by atoms with Gasteiger partial charge in [0.25, 0.3) is 5.85 Å². The van der Waals surface area contributed by atoms with Crippen molar-refractivity contribution in [2.24, 2.45) is 11.3 Å². The Balaban J connectivity index is 4.52. The second-order valence-corrected chi connectivity index (χ2v) is 3.91. The van der Waals surface area contributed by atoms with Crippen LogP contribution in [0.2, 0.25) is 0 Å². The van der Waals surface area contributed by atoms with Crippen molar-refractivity contribution in [3.63, 3.8) is 0 Å². The largest absolute Gasteiger partial charge is 0.352 e. The molecule has 0 bridgehead atoms. The average Bonchev–Trinajstić information content (AvgIpc) is 1.84. The topological polar surface area (TPSA) is 20.2 Å². The Kier molecular flexibility index (Phi) is 2.69. The third-order valence-electron chi connectivity index (χ3n) is 2.08. The summed E-state index contributed by atoms with van der Waals surface area (Å²) in [5, 5.41) is 9.02. The van der Waals surface area contributed by atoms with E-state index < -0.39 is 11.8 Å². The van der Waals surface area contributed by atoms with Gasteiger partial charge in [-0.25, -0.2) is 0 Å². The molecule has 0 amide bonds. The van der Waals surface area contributed by atoms with E-state index in [4.69, 9.17) is 11.5 Å². The van der Waals surface area contributed by atoms with Crippen LogP contribution in [0.5, 0.6) is 0 Å².